The van der Waals surface area contributed by atoms with Crippen molar-refractivity contribution >= 4 is 28.9 Å². The first-order chi connectivity index (χ1) is 8.59. The van der Waals surface area contributed by atoms with Crippen molar-refractivity contribution in [3.8, 4) is 5.75 Å². The van der Waals surface area contributed by atoms with Crippen LogP contribution in [0.5, 0.6) is 5.75 Å². The van der Waals surface area contributed by atoms with Crippen LogP contribution in [0.1, 0.15) is 11.1 Å². The number of phenolic OH excluding ortho intramolecular Hbond substituents is 1. The zero-order chi connectivity index (χ0) is 13.1. The van der Waals surface area contributed by atoms with E-state index in [2.05, 4.69) is 10.3 Å². The zero-order valence-electron chi connectivity index (χ0n) is 9.74. The molecule has 0 amide bonds. The van der Waals surface area contributed by atoms with Gasteiger partial charge in [-0.3, -0.25) is 0 Å². The number of phenols is 1. The third-order valence-corrected chi connectivity index (χ3v) is 3.23. The number of aromatic hydroxyl groups is 1. The summed E-state index contributed by atoms with van der Waals surface area (Å²) in [4.78, 5) is 4.01. The molecule has 2 N–H and O–H groups in total. The van der Waals surface area contributed by atoms with Gasteiger partial charge in [-0.05, 0) is 24.6 Å². The molecule has 5 heteroatoms. The number of pyridine rings is 1. The molecule has 0 aliphatic carbocycles. The van der Waals surface area contributed by atoms with E-state index >= 15 is 0 Å². The second-order valence-electron chi connectivity index (χ2n) is 3.89. The molecule has 18 heavy (non-hydrogen) atoms. The van der Waals surface area contributed by atoms with E-state index in [9.17, 15) is 5.11 Å². The van der Waals surface area contributed by atoms with Crippen LogP contribution in [-0.2, 0) is 6.54 Å². The monoisotopic (exact) mass is 282 g/mol. The number of nitrogens with one attached hydrogen (secondary N) is 1. The molecule has 0 aliphatic rings. The van der Waals surface area contributed by atoms with Crippen molar-refractivity contribution in [1.29, 1.82) is 0 Å². The lowest BCUT2D eigenvalue weighted by Crippen LogP contribution is -2.02. The topological polar surface area (TPSA) is 45.2 Å². The molecule has 1 heterocycles. The summed E-state index contributed by atoms with van der Waals surface area (Å²) in [6, 6.07) is 7.10. The highest BCUT2D eigenvalue weighted by Gasteiger charge is 2.08. The summed E-state index contributed by atoms with van der Waals surface area (Å²) in [7, 11) is 0. The Morgan fingerprint density at radius 3 is 2.78 bits per heavy atom. The van der Waals surface area contributed by atoms with Crippen molar-refractivity contribution in [2.45, 2.75) is 13.5 Å². The standard InChI is InChI=1S/C13H12Cl2N2O/c1-8-5-6-16-13(15)11(8)17-7-9-3-2-4-10(14)12(9)18/h2-6,17-18H,7H2,1H3. The lowest BCUT2D eigenvalue weighted by atomic mass is 10.2. The smallest absolute Gasteiger partial charge is 0.152 e. The number of nitrogens with zero attached hydrogens (tertiary/aromatic N) is 1. The van der Waals surface area contributed by atoms with Gasteiger partial charge >= 0.3 is 0 Å². The van der Waals surface area contributed by atoms with Crippen molar-refractivity contribution in [2.75, 3.05) is 5.32 Å². The minimum atomic E-state index is 0.0873. The van der Waals surface area contributed by atoms with E-state index in [0.29, 0.717) is 22.3 Å². The summed E-state index contributed by atoms with van der Waals surface area (Å²) < 4.78 is 0. The number of halogens is 2. The molecule has 0 bridgehead atoms. The average molecular weight is 283 g/mol. The maximum Gasteiger partial charge on any atom is 0.152 e. The van der Waals surface area contributed by atoms with Gasteiger partial charge in [0.25, 0.3) is 0 Å². The summed E-state index contributed by atoms with van der Waals surface area (Å²) in [5.41, 5.74) is 2.47. The summed E-state index contributed by atoms with van der Waals surface area (Å²) in [5, 5.41) is 13.7. The maximum atomic E-state index is 9.79. The van der Waals surface area contributed by atoms with Crippen LogP contribution in [0.2, 0.25) is 10.2 Å². The van der Waals surface area contributed by atoms with E-state index in [1.165, 1.54) is 0 Å². The Labute approximate surface area is 115 Å². The molecule has 1 aromatic heterocycles. The lowest BCUT2D eigenvalue weighted by Gasteiger charge is -2.12. The number of hydrogen-bond acceptors (Lipinski definition) is 3. The number of aryl methyl sites for hydroxylation is 1. The van der Waals surface area contributed by atoms with Crippen LogP contribution in [0.3, 0.4) is 0 Å². The molecule has 3 nitrogen and oxygen atoms in total. The van der Waals surface area contributed by atoms with Crippen LogP contribution in [0.4, 0.5) is 5.69 Å². The van der Waals surface area contributed by atoms with Gasteiger partial charge < -0.3 is 10.4 Å². The van der Waals surface area contributed by atoms with Gasteiger partial charge in [0.2, 0.25) is 0 Å². The maximum absolute atomic E-state index is 9.79. The van der Waals surface area contributed by atoms with Gasteiger partial charge in [-0.2, -0.15) is 0 Å². The normalized spacial score (nSPS) is 10.4. The van der Waals surface area contributed by atoms with Gasteiger partial charge in [-0.1, -0.05) is 35.3 Å². The fraction of sp³-hybridized carbons (Fsp3) is 0.154. The molecule has 0 spiro atoms. The van der Waals surface area contributed by atoms with Crippen LogP contribution in [0.15, 0.2) is 30.5 Å². The third-order valence-electron chi connectivity index (χ3n) is 2.64. The van der Waals surface area contributed by atoms with E-state index in [-0.39, 0.29) is 5.75 Å². The largest absolute Gasteiger partial charge is 0.506 e. The highest BCUT2D eigenvalue weighted by molar-refractivity contribution is 6.32. The Morgan fingerprint density at radius 2 is 2.06 bits per heavy atom. The van der Waals surface area contributed by atoms with Gasteiger partial charge in [0, 0.05) is 18.3 Å². The van der Waals surface area contributed by atoms with Crippen molar-refractivity contribution < 1.29 is 5.11 Å². The Kier molecular flexibility index (Phi) is 3.94. The van der Waals surface area contributed by atoms with Gasteiger partial charge in [0.1, 0.15) is 5.75 Å². The molecule has 0 unspecified atom stereocenters. The molecule has 0 aliphatic heterocycles. The third kappa shape index (κ3) is 2.68. The van der Waals surface area contributed by atoms with Crippen LogP contribution in [0, 0.1) is 6.92 Å². The number of benzene rings is 1. The number of aromatic nitrogens is 1. The molecule has 1 aromatic carbocycles. The summed E-state index contributed by atoms with van der Waals surface area (Å²) in [6.45, 7) is 2.37. The van der Waals surface area contributed by atoms with Crippen LogP contribution >= 0.6 is 23.2 Å². The van der Waals surface area contributed by atoms with Crippen molar-refractivity contribution in [3.05, 3.63) is 51.8 Å². The van der Waals surface area contributed by atoms with Gasteiger partial charge in [-0.25, -0.2) is 4.98 Å². The highest BCUT2D eigenvalue weighted by atomic mass is 35.5. The second-order valence-corrected chi connectivity index (χ2v) is 4.66. The molecule has 0 saturated heterocycles. The molecule has 0 radical (unpaired) electrons. The van der Waals surface area contributed by atoms with Crippen molar-refractivity contribution in [2.24, 2.45) is 0 Å². The van der Waals surface area contributed by atoms with Gasteiger partial charge in [0.05, 0.1) is 10.7 Å². The van der Waals surface area contributed by atoms with Gasteiger partial charge in [0.15, 0.2) is 5.15 Å². The first-order valence-electron chi connectivity index (χ1n) is 5.41. The van der Waals surface area contributed by atoms with E-state index < -0.39 is 0 Å². The molecular weight excluding hydrogens is 271 g/mol. The predicted molar refractivity (Wildman–Crippen MR) is 74.4 cm³/mol. The Balaban J connectivity index is 2.19. The number of para-hydroxylation sites is 1. The Morgan fingerprint density at radius 1 is 1.28 bits per heavy atom. The van der Waals surface area contributed by atoms with Crippen LogP contribution in [0.25, 0.3) is 0 Å². The van der Waals surface area contributed by atoms with Gasteiger partial charge in [-0.15, -0.1) is 0 Å². The van der Waals surface area contributed by atoms with E-state index in [4.69, 9.17) is 23.2 Å². The number of hydrogen-bond donors (Lipinski definition) is 2. The summed E-state index contributed by atoms with van der Waals surface area (Å²) >= 11 is 11.8. The minimum absolute atomic E-state index is 0.0873. The first-order valence-corrected chi connectivity index (χ1v) is 6.16. The second kappa shape index (κ2) is 5.46. The number of anilines is 1. The quantitative estimate of drug-likeness (QED) is 0.836. The SMILES string of the molecule is Cc1ccnc(Cl)c1NCc1cccc(Cl)c1O. The first kappa shape index (κ1) is 13.0. The zero-order valence-corrected chi connectivity index (χ0v) is 11.3. The Bertz CT molecular complexity index is 553. The lowest BCUT2D eigenvalue weighted by molar-refractivity contribution is 0.469. The molecule has 94 valence electrons. The molecular formula is C13H12Cl2N2O. The average Bonchev–Trinajstić information content (AvgIpc) is 2.33. The van der Waals surface area contributed by atoms with Crippen LogP contribution < -0.4 is 5.32 Å². The fourth-order valence-corrected chi connectivity index (χ4v) is 2.09. The highest BCUT2D eigenvalue weighted by Crippen LogP contribution is 2.29. The fourth-order valence-electron chi connectivity index (χ4n) is 1.62. The molecule has 0 fully saturated rings. The molecule has 2 rings (SSSR count). The summed E-state index contributed by atoms with van der Waals surface area (Å²) in [6.07, 6.45) is 1.65. The summed E-state index contributed by atoms with van der Waals surface area (Å²) in [5.74, 6) is 0.0873. The van der Waals surface area contributed by atoms with E-state index in [1.807, 2.05) is 13.0 Å². The van der Waals surface area contributed by atoms with E-state index in [1.54, 1.807) is 24.4 Å². The van der Waals surface area contributed by atoms with Crippen molar-refractivity contribution in [3.63, 3.8) is 0 Å². The van der Waals surface area contributed by atoms with Crippen LogP contribution in [-0.4, -0.2) is 10.1 Å². The van der Waals surface area contributed by atoms with Crippen molar-refractivity contribution in [1.82, 2.24) is 4.98 Å². The molecule has 0 saturated carbocycles. The predicted octanol–water partition coefficient (Wildman–Crippen LogP) is 4.01. The number of rotatable bonds is 3. The minimum Gasteiger partial charge on any atom is -0.506 e. The molecule has 0 atom stereocenters. The molecule has 2 aromatic rings. The Hall–Kier alpha value is -1.45. The van der Waals surface area contributed by atoms with E-state index in [0.717, 1.165) is 11.3 Å².